The van der Waals surface area contributed by atoms with E-state index >= 15 is 0 Å². The van der Waals surface area contributed by atoms with E-state index in [-0.39, 0.29) is 0 Å². The highest BCUT2D eigenvalue weighted by Crippen LogP contribution is 2.37. The summed E-state index contributed by atoms with van der Waals surface area (Å²) in [6.45, 7) is 10.6. The molecule has 2 atom stereocenters. The van der Waals surface area contributed by atoms with Crippen LogP contribution in [0.2, 0.25) is 0 Å². The summed E-state index contributed by atoms with van der Waals surface area (Å²) >= 11 is 0. The van der Waals surface area contributed by atoms with E-state index in [1.165, 1.54) is 25.8 Å². The molecule has 0 radical (unpaired) electrons. The van der Waals surface area contributed by atoms with Gasteiger partial charge in [0.2, 0.25) is 0 Å². The van der Waals surface area contributed by atoms with E-state index in [0.717, 1.165) is 5.92 Å². The summed E-state index contributed by atoms with van der Waals surface area (Å²) in [5.74, 6) is 0.757. The zero-order valence-electron chi connectivity index (χ0n) is 12.0. The first-order valence-corrected chi connectivity index (χ1v) is 6.76. The van der Waals surface area contributed by atoms with Crippen molar-refractivity contribution < 1.29 is 0 Å². The Morgan fingerprint density at radius 3 is 2.50 bits per heavy atom. The van der Waals surface area contributed by atoms with Crippen molar-refractivity contribution in [2.75, 3.05) is 20.6 Å². The first-order valence-electron chi connectivity index (χ1n) is 6.76. The van der Waals surface area contributed by atoms with E-state index < -0.39 is 0 Å². The topological polar surface area (TPSA) is 15.3 Å². The van der Waals surface area contributed by atoms with E-state index in [1.807, 2.05) is 0 Å². The smallest absolute Gasteiger partial charge is 0.0271 e. The number of nitrogens with zero attached hydrogens (tertiary/aromatic N) is 1. The summed E-state index contributed by atoms with van der Waals surface area (Å²) in [6.07, 6.45) is 4.07. The van der Waals surface area contributed by atoms with Crippen LogP contribution in [0.25, 0.3) is 0 Å². The van der Waals surface area contributed by atoms with Crippen LogP contribution in [0.3, 0.4) is 0 Å². The molecule has 2 unspecified atom stereocenters. The average molecular weight is 226 g/mol. The molecule has 1 N–H and O–H groups in total. The molecule has 0 aromatic rings. The maximum Gasteiger partial charge on any atom is 0.0271 e. The molecule has 0 spiro atoms. The third-order valence-corrected chi connectivity index (χ3v) is 4.08. The highest BCUT2D eigenvalue weighted by Gasteiger charge is 2.39. The van der Waals surface area contributed by atoms with Crippen molar-refractivity contribution >= 4 is 0 Å². The Morgan fingerprint density at radius 2 is 2.00 bits per heavy atom. The largest absolute Gasteiger partial charge is 0.315 e. The molecule has 0 amide bonds. The highest BCUT2D eigenvalue weighted by molar-refractivity contribution is 4.96. The molecule has 0 bridgehead atoms. The van der Waals surface area contributed by atoms with Gasteiger partial charge in [-0.2, -0.15) is 0 Å². The van der Waals surface area contributed by atoms with Crippen LogP contribution in [0.5, 0.6) is 0 Å². The van der Waals surface area contributed by atoms with Gasteiger partial charge in [0.05, 0.1) is 0 Å². The third-order valence-electron chi connectivity index (χ3n) is 4.08. The van der Waals surface area contributed by atoms with Gasteiger partial charge in [0, 0.05) is 18.6 Å². The van der Waals surface area contributed by atoms with E-state index in [1.54, 1.807) is 0 Å². The maximum atomic E-state index is 3.56. The molecule has 1 rings (SSSR count). The molecule has 0 heterocycles. The van der Waals surface area contributed by atoms with Gasteiger partial charge < -0.3 is 10.2 Å². The lowest BCUT2D eigenvalue weighted by Crippen LogP contribution is -2.57. The molecule has 0 aromatic carbocycles. The molecular weight excluding hydrogens is 196 g/mol. The summed E-state index contributed by atoms with van der Waals surface area (Å²) < 4.78 is 0. The molecule has 0 aromatic heterocycles. The van der Waals surface area contributed by atoms with Crippen LogP contribution < -0.4 is 5.32 Å². The van der Waals surface area contributed by atoms with Gasteiger partial charge in [-0.1, -0.05) is 34.1 Å². The molecule has 2 nitrogen and oxygen atoms in total. The van der Waals surface area contributed by atoms with Crippen LogP contribution >= 0.6 is 0 Å². The highest BCUT2D eigenvalue weighted by atomic mass is 15.2. The van der Waals surface area contributed by atoms with Crippen LogP contribution in [0.1, 0.15) is 47.0 Å². The van der Waals surface area contributed by atoms with Crippen LogP contribution in [-0.4, -0.2) is 37.6 Å². The predicted octanol–water partition coefficient (Wildman–Crippen LogP) is 2.74. The third kappa shape index (κ3) is 3.21. The molecule has 0 aliphatic heterocycles. The van der Waals surface area contributed by atoms with E-state index in [9.17, 15) is 0 Å². The molecule has 1 fully saturated rings. The Morgan fingerprint density at radius 1 is 1.38 bits per heavy atom. The lowest BCUT2D eigenvalue weighted by atomic mass is 9.70. The Balaban J connectivity index is 2.69. The van der Waals surface area contributed by atoms with Gasteiger partial charge in [-0.3, -0.25) is 0 Å². The van der Waals surface area contributed by atoms with E-state index in [4.69, 9.17) is 0 Å². The second-order valence-corrected chi connectivity index (χ2v) is 6.55. The van der Waals surface area contributed by atoms with Gasteiger partial charge in [-0.15, -0.1) is 0 Å². The van der Waals surface area contributed by atoms with Crippen molar-refractivity contribution in [1.82, 2.24) is 10.2 Å². The van der Waals surface area contributed by atoms with Crippen LogP contribution in [-0.2, 0) is 0 Å². The SMILES string of the molecule is CNC1C(N(C)CC(C)C)CCCC1(C)C. The normalized spacial score (nSPS) is 30.0. The molecule has 0 saturated heterocycles. The predicted molar refractivity (Wildman–Crippen MR) is 71.7 cm³/mol. The number of nitrogens with one attached hydrogen (secondary N) is 1. The van der Waals surface area contributed by atoms with Crippen molar-refractivity contribution in [1.29, 1.82) is 0 Å². The number of rotatable bonds is 4. The van der Waals surface area contributed by atoms with E-state index in [0.29, 0.717) is 17.5 Å². The van der Waals surface area contributed by atoms with Crippen molar-refractivity contribution in [3.8, 4) is 0 Å². The molecule has 1 saturated carbocycles. The number of hydrogen-bond donors (Lipinski definition) is 1. The zero-order valence-corrected chi connectivity index (χ0v) is 12.0. The van der Waals surface area contributed by atoms with Gasteiger partial charge in [-0.25, -0.2) is 0 Å². The van der Waals surface area contributed by atoms with Gasteiger partial charge in [-0.05, 0) is 38.3 Å². The summed E-state index contributed by atoms with van der Waals surface area (Å²) in [6, 6.07) is 1.33. The molecule has 1 aliphatic rings. The summed E-state index contributed by atoms with van der Waals surface area (Å²) in [7, 11) is 4.41. The van der Waals surface area contributed by atoms with E-state index in [2.05, 4.69) is 52.0 Å². The quantitative estimate of drug-likeness (QED) is 0.793. The number of likely N-dealkylation sites (N-methyl/N-ethyl adjacent to an activating group) is 2. The Hall–Kier alpha value is -0.0800. The average Bonchev–Trinajstić information content (AvgIpc) is 2.14. The molecule has 1 aliphatic carbocycles. The van der Waals surface area contributed by atoms with Gasteiger partial charge in [0.1, 0.15) is 0 Å². The number of hydrogen-bond acceptors (Lipinski definition) is 2. The fraction of sp³-hybridized carbons (Fsp3) is 1.00. The van der Waals surface area contributed by atoms with Crippen LogP contribution in [0.15, 0.2) is 0 Å². The molecule has 96 valence electrons. The minimum atomic E-state index is 0.433. The monoisotopic (exact) mass is 226 g/mol. The van der Waals surface area contributed by atoms with Crippen molar-refractivity contribution in [2.45, 2.75) is 59.0 Å². The first kappa shape index (κ1) is 14.0. The first-order chi connectivity index (χ1) is 7.38. The van der Waals surface area contributed by atoms with Gasteiger partial charge in [0.15, 0.2) is 0 Å². The summed E-state index contributed by atoms with van der Waals surface area (Å²) in [5.41, 5.74) is 0.433. The lowest BCUT2D eigenvalue weighted by Gasteiger charge is -2.47. The Bertz CT molecular complexity index is 211. The molecule has 16 heavy (non-hydrogen) atoms. The summed E-state index contributed by atoms with van der Waals surface area (Å²) in [5, 5.41) is 3.56. The maximum absolute atomic E-state index is 3.56. The lowest BCUT2D eigenvalue weighted by molar-refractivity contribution is 0.0612. The Labute approximate surface area is 102 Å². The van der Waals surface area contributed by atoms with Crippen molar-refractivity contribution in [3.63, 3.8) is 0 Å². The minimum absolute atomic E-state index is 0.433. The standard InChI is InChI=1S/C14H30N2/c1-11(2)10-16(6)12-8-7-9-14(3,4)13(12)15-5/h11-13,15H,7-10H2,1-6H3. The van der Waals surface area contributed by atoms with Crippen LogP contribution in [0.4, 0.5) is 0 Å². The van der Waals surface area contributed by atoms with Gasteiger partial charge in [0.25, 0.3) is 0 Å². The van der Waals surface area contributed by atoms with Crippen molar-refractivity contribution in [2.24, 2.45) is 11.3 Å². The van der Waals surface area contributed by atoms with Crippen LogP contribution in [0, 0.1) is 11.3 Å². The van der Waals surface area contributed by atoms with Gasteiger partial charge >= 0.3 is 0 Å². The molecule has 2 heteroatoms. The summed E-state index contributed by atoms with van der Waals surface area (Å²) in [4.78, 5) is 2.56. The fourth-order valence-electron chi connectivity index (χ4n) is 3.38. The second-order valence-electron chi connectivity index (χ2n) is 6.55. The zero-order chi connectivity index (χ0) is 12.3. The Kier molecular flexibility index (Phi) is 4.81. The van der Waals surface area contributed by atoms with Crippen molar-refractivity contribution in [3.05, 3.63) is 0 Å². The minimum Gasteiger partial charge on any atom is -0.315 e. The fourth-order valence-corrected chi connectivity index (χ4v) is 3.38. The molecular formula is C14H30N2. The second kappa shape index (κ2) is 5.50.